The van der Waals surface area contributed by atoms with Crippen molar-refractivity contribution in [2.24, 2.45) is 0 Å². The van der Waals surface area contributed by atoms with E-state index < -0.39 is 0 Å². The SMILES string of the molecule is c1ccc(Cc2ccccc2OCCCN2CCC2)cc1. The Morgan fingerprint density at radius 2 is 1.67 bits per heavy atom. The summed E-state index contributed by atoms with van der Waals surface area (Å²) in [7, 11) is 0. The minimum absolute atomic E-state index is 0.808. The van der Waals surface area contributed by atoms with Crippen LogP contribution in [0.3, 0.4) is 0 Å². The van der Waals surface area contributed by atoms with E-state index in [0.717, 1.165) is 25.2 Å². The molecule has 0 spiro atoms. The molecule has 1 heterocycles. The molecular formula is C19H23NO. The van der Waals surface area contributed by atoms with Gasteiger partial charge in [0, 0.05) is 13.0 Å². The summed E-state index contributed by atoms with van der Waals surface area (Å²) in [6.07, 6.45) is 3.41. The molecule has 21 heavy (non-hydrogen) atoms. The molecule has 0 bridgehead atoms. The number of ether oxygens (including phenoxy) is 1. The van der Waals surface area contributed by atoms with Gasteiger partial charge in [-0.25, -0.2) is 0 Å². The van der Waals surface area contributed by atoms with Crippen LogP contribution in [-0.4, -0.2) is 31.1 Å². The maximum Gasteiger partial charge on any atom is 0.122 e. The van der Waals surface area contributed by atoms with Crippen molar-refractivity contribution in [3.63, 3.8) is 0 Å². The van der Waals surface area contributed by atoms with E-state index in [1.54, 1.807) is 0 Å². The van der Waals surface area contributed by atoms with Gasteiger partial charge in [-0.2, -0.15) is 0 Å². The molecule has 3 rings (SSSR count). The van der Waals surface area contributed by atoms with Crippen molar-refractivity contribution in [3.8, 4) is 5.75 Å². The van der Waals surface area contributed by atoms with Crippen LogP contribution in [0.25, 0.3) is 0 Å². The zero-order valence-electron chi connectivity index (χ0n) is 12.5. The molecule has 0 saturated carbocycles. The van der Waals surface area contributed by atoms with Crippen molar-refractivity contribution >= 4 is 0 Å². The molecule has 1 aliphatic rings. The second kappa shape index (κ2) is 7.28. The average Bonchev–Trinajstić information content (AvgIpc) is 2.48. The van der Waals surface area contributed by atoms with Crippen LogP contribution < -0.4 is 4.74 Å². The van der Waals surface area contributed by atoms with Crippen LogP contribution in [0.4, 0.5) is 0 Å². The second-order valence-electron chi connectivity index (χ2n) is 5.67. The summed E-state index contributed by atoms with van der Waals surface area (Å²) in [6.45, 7) is 4.51. The predicted molar refractivity (Wildman–Crippen MR) is 86.9 cm³/mol. The van der Waals surface area contributed by atoms with E-state index in [1.807, 2.05) is 0 Å². The molecule has 2 aromatic rings. The molecule has 0 N–H and O–H groups in total. The van der Waals surface area contributed by atoms with E-state index in [9.17, 15) is 0 Å². The first-order valence-corrected chi connectivity index (χ1v) is 7.89. The molecule has 0 aliphatic carbocycles. The first kappa shape index (κ1) is 14.2. The average molecular weight is 281 g/mol. The van der Waals surface area contributed by atoms with Crippen LogP contribution in [0, 0.1) is 0 Å². The van der Waals surface area contributed by atoms with Crippen LogP contribution in [-0.2, 0) is 6.42 Å². The van der Waals surface area contributed by atoms with Crippen molar-refractivity contribution in [1.82, 2.24) is 4.90 Å². The molecule has 1 saturated heterocycles. The molecule has 110 valence electrons. The topological polar surface area (TPSA) is 12.5 Å². The van der Waals surface area contributed by atoms with Gasteiger partial charge in [-0.15, -0.1) is 0 Å². The van der Waals surface area contributed by atoms with Gasteiger partial charge in [0.2, 0.25) is 0 Å². The van der Waals surface area contributed by atoms with Gasteiger partial charge in [-0.1, -0.05) is 48.5 Å². The summed E-state index contributed by atoms with van der Waals surface area (Å²) in [5.41, 5.74) is 2.60. The Morgan fingerprint density at radius 1 is 0.905 bits per heavy atom. The highest BCUT2D eigenvalue weighted by Crippen LogP contribution is 2.21. The highest BCUT2D eigenvalue weighted by atomic mass is 16.5. The lowest BCUT2D eigenvalue weighted by atomic mass is 10.0. The van der Waals surface area contributed by atoms with Gasteiger partial charge < -0.3 is 9.64 Å². The Balaban J connectivity index is 1.54. The van der Waals surface area contributed by atoms with Crippen molar-refractivity contribution in [3.05, 3.63) is 65.7 Å². The fourth-order valence-electron chi connectivity index (χ4n) is 2.68. The molecule has 2 nitrogen and oxygen atoms in total. The first-order valence-electron chi connectivity index (χ1n) is 7.89. The Hall–Kier alpha value is -1.80. The van der Waals surface area contributed by atoms with Gasteiger partial charge in [-0.3, -0.25) is 0 Å². The van der Waals surface area contributed by atoms with Crippen LogP contribution in [0.1, 0.15) is 24.0 Å². The highest BCUT2D eigenvalue weighted by molar-refractivity contribution is 5.37. The predicted octanol–water partition coefficient (Wildman–Crippen LogP) is 3.75. The lowest BCUT2D eigenvalue weighted by Crippen LogP contribution is -2.38. The highest BCUT2D eigenvalue weighted by Gasteiger charge is 2.12. The molecule has 0 unspecified atom stereocenters. The van der Waals surface area contributed by atoms with Crippen LogP contribution >= 0.6 is 0 Å². The normalized spacial score (nSPS) is 14.7. The Morgan fingerprint density at radius 3 is 2.43 bits per heavy atom. The fraction of sp³-hybridized carbons (Fsp3) is 0.368. The number of benzene rings is 2. The monoisotopic (exact) mass is 281 g/mol. The third-order valence-corrected chi connectivity index (χ3v) is 4.03. The lowest BCUT2D eigenvalue weighted by molar-refractivity contribution is 0.165. The molecular weight excluding hydrogens is 258 g/mol. The molecule has 1 aliphatic heterocycles. The standard InChI is InChI=1S/C19H23NO/c1-2-8-17(9-3-1)16-18-10-4-5-11-19(18)21-15-7-14-20-12-6-13-20/h1-5,8-11H,6-7,12-16H2. The summed E-state index contributed by atoms with van der Waals surface area (Å²) in [6, 6.07) is 19.0. The van der Waals surface area contributed by atoms with E-state index in [2.05, 4.69) is 59.5 Å². The summed E-state index contributed by atoms with van der Waals surface area (Å²) < 4.78 is 6.00. The summed E-state index contributed by atoms with van der Waals surface area (Å²) >= 11 is 0. The Labute approximate surface area is 127 Å². The molecule has 0 atom stereocenters. The van der Waals surface area contributed by atoms with E-state index in [4.69, 9.17) is 4.74 Å². The molecule has 2 aromatic carbocycles. The summed E-state index contributed by atoms with van der Waals surface area (Å²) in [5.74, 6) is 1.03. The zero-order chi connectivity index (χ0) is 14.3. The Kier molecular flexibility index (Phi) is 4.90. The van der Waals surface area contributed by atoms with Crippen LogP contribution in [0.2, 0.25) is 0 Å². The quantitative estimate of drug-likeness (QED) is 0.717. The van der Waals surface area contributed by atoms with Gasteiger partial charge in [0.05, 0.1) is 6.61 Å². The number of nitrogens with zero attached hydrogens (tertiary/aromatic N) is 1. The Bertz CT molecular complexity index is 549. The third kappa shape index (κ3) is 4.08. The number of rotatable bonds is 7. The number of para-hydroxylation sites is 1. The smallest absolute Gasteiger partial charge is 0.122 e. The molecule has 2 heteroatoms. The zero-order valence-corrected chi connectivity index (χ0v) is 12.5. The van der Waals surface area contributed by atoms with E-state index in [-0.39, 0.29) is 0 Å². The van der Waals surface area contributed by atoms with E-state index in [1.165, 1.54) is 37.2 Å². The lowest BCUT2D eigenvalue weighted by Gasteiger charge is -2.30. The van der Waals surface area contributed by atoms with E-state index in [0.29, 0.717) is 0 Å². The molecule has 1 fully saturated rings. The minimum atomic E-state index is 0.808. The van der Waals surface area contributed by atoms with Gasteiger partial charge in [-0.05, 0) is 43.1 Å². The minimum Gasteiger partial charge on any atom is -0.493 e. The molecule has 0 aromatic heterocycles. The van der Waals surface area contributed by atoms with Gasteiger partial charge in [0.15, 0.2) is 0 Å². The van der Waals surface area contributed by atoms with Gasteiger partial charge in [0.25, 0.3) is 0 Å². The van der Waals surface area contributed by atoms with Crippen molar-refractivity contribution in [2.75, 3.05) is 26.2 Å². The van der Waals surface area contributed by atoms with Crippen molar-refractivity contribution < 1.29 is 4.74 Å². The molecule has 0 radical (unpaired) electrons. The largest absolute Gasteiger partial charge is 0.493 e. The van der Waals surface area contributed by atoms with Crippen LogP contribution in [0.5, 0.6) is 5.75 Å². The van der Waals surface area contributed by atoms with Crippen LogP contribution in [0.15, 0.2) is 54.6 Å². The second-order valence-corrected chi connectivity index (χ2v) is 5.67. The molecule has 0 amide bonds. The number of hydrogen-bond acceptors (Lipinski definition) is 2. The maximum atomic E-state index is 6.00. The number of likely N-dealkylation sites (tertiary alicyclic amines) is 1. The van der Waals surface area contributed by atoms with E-state index >= 15 is 0 Å². The summed E-state index contributed by atoms with van der Waals surface area (Å²) in [5, 5.41) is 0. The van der Waals surface area contributed by atoms with Gasteiger partial charge >= 0.3 is 0 Å². The number of hydrogen-bond donors (Lipinski definition) is 0. The first-order chi connectivity index (χ1) is 10.4. The van der Waals surface area contributed by atoms with Crippen molar-refractivity contribution in [2.45, 2.75) is 19.3 Å². The maximum absolute atomic E-state index is 6.00. The van der Waals surface area contributed by atoms with Gasteiger partial charge in [0.1, 0.15) is 5.75 Å². The summed E-state index contributed by atoms with van der Waals surface area (Å²) in [4.78, 5) is 2.49. The van der Waals surface area contributed by atoms with Crippen molar-refractivity contribution in [1.29, 1.82) is 0 Å². The third-order valence-electron chi connectivity index (χ3n) is 4.03. The fourth-order valence-corrected chi connectivity index (χ4v) is 2.68.